The van der Waals surface area contributed by atoms with E-state index in [-0.39, 0.29) is 0 Å². The molecule has 8 aromatic carbocycles. The van der Waals surface area contributed by atoms with E-state index in [2.05, 4.69) is 115 Å². The highest BCUT2D eigenvalue weighted by Crippen LogP contribution is 2.37. The van der Waals surface area contributed by atoms with Crippen LogP contribution in [0.5, 0.6) is 0 Å². The second-order valence-electron chi connectivity index (χ2n) is 12.0. The van der Waals surface area contributed by atoms with Gasteiger partial charge in [-0.25, -0.2) is 15.0 Å². The molecule has 9 aromatic rings. The summed E-state index contributed by atoms with van der Waals surface area (Å²) in [5.74, 6) is 1.97. The summed E-state index contributed by atoms with van der Waals surface area (Å²) in [6.07, 6.45) is 0. The van der Waals surface area contributed by atoms with Gasteiger partial charge >= 0.3 is 0 Å². The Labute approximate surface area is 278 Å². The molecule has 48 heavy (non-hydrogen) atoms. The molecule has 0 N–H and O–H groups in total. The largest absolute Gasteiger partial charge is 0.208 e. The lowest BCUT2D eigenvalue weighted by Gasteiger charge is -2.13. The molecule has 1 heterocycles. The zero-order valence-corrected chi connectivity index (χ0v) is 26.1. The third-order valence-electron chi connectivity index (χ3n) is 9.14. The lowest BCUT2D eigenvalue weighted by atomic mass is 9.93. The highest BCUT2D eigenvalue weighted by atomic mass is 15.0. The van der Waals surface area contributed by atoms with E-state index in [1.54, 1.807) is 0 Å². The van der Waals surface area contributed by atoms with Gasteiger partial charge in [0.1, 0.15) is 0 Å². The molecule has 0 amide bonds. The average molecular weight is 612 g/mol. The molecule has 1 aromatic heterocycles. The van der Waals surface area contributed by atoms with Gasteiger partial charge in [-0.15, -0.1) is 0 Å². The summed E-state index contributed by atoms with van der Waals surface area (Å²) in [6, 6.07) is 61.8. The Morgan fingerprint density at radius 3 is 1.42 bits per heavy atom. The van der Waals surface area contributed by atoms with E-state index in [0.717, 1.165) is 27.5 Å². The third-order valence-corrected chi connectivity index (χ3v) is 9.14. The summed E-state index contributed by atoms with van der Waals surface area (Å²) < 4.78 is 0. The molecule has 0 fully saturated rings. The molecule has 0 aliphatic carbocycles. The number of nitrogens with zero attached hydrogens (tertiary/aromatic N) is 3. The normalized spacial score (nSPS) is 11.3. The molecule has 9 rings (SSSR count). The van der Waals surface area contributed by atoms with E-state index in [1.165, 1.54) is 43.8 Å². The molecule has 0 spiro atoms. The predicted molar refractivity (Wildman–Crippen MR) is 200 cm³/mol. The monoisotopic (exact) mass is 611 g/mol. The Morgan fingerprint density at radius 1 is 0.250 bits per heavy atom. The number of hydrogen-bond acceptors (Lipinski definition) is 3. The lowest BCUT2D eigenvalue weighted by molar-refractivity contribution is 1.08. The zero-order chi connectivity index (χ0) is 31.9. The topological polar surface area (TPSA) is 38.7 Å². The van der Waals surface area contributed by atoms with Crippen LogP contribution in [0.15, 0.2) is 176 Å². The van der Waals surface area contributed by atoms with Crippen molar-refractivity contribution in [2.24, 2.45) is 0 Å². The molecule has 3 nitrogen and oxygen atoms in total. The standard InChI is InChI=1S/C45H29N3/c1-3-12-33(13-4-1)43-46-44(34-14-5-2-6-15-34)48-45(47-43)42-28-27-38(40-17-9-10-18-41(40)42)32-21-19-30(20-22-32)35-25-26-39-36(29-35)24-23-31-11-7-8-16-37(31)39/h1-29H. The maximum atomic E-state index is 5.01. The van der Waals surface area contributed by atoms with Gasteiger partial charge in [0.15, 0.2) is 17.5 Å². The number of benzene rings is 8. The molecule has 0 aliphatic rings. The van der Waals surface area contributed by atoms with Crippen LogP contribution in [0.1, 0.15) is 0 Å². The Kier molecular flexibility index (Phi) is 6.80. The minimum absolute atomic E-state index is 0.657. The van der Waals surface area contributed by atoms with Gasteiger partial charge in [0.2, 0.25) is 0 Å². The van der Waals surface area contributed by atoms with Crippen molar-refractivity contribution in [2.45, 2.75) is 0 Å². The van der Waals surface area contributed by atoms with Crippen LogP contribution >= 0.6 is 0 Å². The van der Waals surface area contributed by atoms with Gasteiger partial charge in [0.25, 0.3) is 0 Å². The maximum Gasteiger partial charge on any atom is 0.164 e. The lowest BCUT2D eigenvalue weighted by Crippen LogP contribution is -2.00. The molecule has 0 saturated carbocycles. The highest BCUT2D eigenvalue weighted by molar-refractivity contribution is 6.08. The van der Waals surface area contributed by atoms with Crippen LogP contribution in [0, 0.1) is 0 Å². The predicted octanol–water partition coefficient (Wildman–Crippen LogP) is 11.7. The van der Waals surface area contributed by atoms with Crippen LogP contribution in [0.3, 0.4) is 0 Å². The van der Waals surface area contributed by atoms with E-state index in [1.807, 2.05) is 60.7 Å². The van der Waals surface area contributed by atoms with Crippen molar-refractivity contribution in [3.8, 4) is 56.4 Å². The van der Waals surface area contributed by atoms with Crippen LogP contribution in [0.4, 0.5) is 0 Å². The van der Waals surface area contributed by atoms with Gasteiger partial charge in [0.05, 0.1) is 0 Å². The van der Waals surface area contributed by atoms with Crippen LogP contribution in [-0.4, -0.2) is 15.0 Å². The van der Waals surface area contributed by atoms with Crippen LogP contribution in [-0.2, 0) is 0 Å². The smallest absolute Gasteiger partial charge is 0.164 e. The molecule has 0 saturated heterocycles. The molecule has 0 bridgehead atoms. The van der Waals surface area contributed by atoms with Crippen LogP contribution in [0.25, 0.3) is 88.7 Å². The molecule has 3 heteroatoms. The zero-order valence-electron chi connectivity index (χ0n) is 26.1. The van der Waals surface area contributed by atoms with Crippen molar-refractivity contribution in [2.75, 3.05) is 0 Å². The van der Waals surface area contributed by atoms with E-state index < -0.39 is 0 Å². The SMILES string of the molecule is c1ccc(-c2nc(-c3ccccc3)nc(-c3ccc(-c4ccc(-c5ccc6c(ccc7ccccc76)c5)cc4)c4ccccc34)n2)cc1. The minimum Gasteiger partial charge on any atom is -0.208 e. The number of aromatic nitrogens is 3. The number of rotatable bonds is 5. The van der Waals surface area contributed by atoms with Gasteiger partial charge in [-0.05, 0) is 66.7 Å². The van der Waals surface area contributed by atoms with Gasteiger partial charge in [-0.2, -0.15) is 0 Å². The summed E-state index contributed by atoms with van der Waals surface area (Å²) in [4.78, 5) is 14.9. The van der Waals surface area contributed by atoms with Crippen molar-refractivity contribution in [1.82, 2.24) is 15.0 Å². The van der Waals surface area contributed by atoms with Crippen molar-refractivity contribution < 1.29 is 0 Å². The quantitative estimate of drug-likeness (QED) is 0.182. The van der Waals surface area contributed by atoms with E-state index >= 15 is 0 Å². The van der Waals surface area contributed by atoms with Crippen LogP contribution < -0.4 is 0 Å². The first-order valence-corrected chi connectivity index (χ1v) is 16.2. The fourth-order valence-corrected chi connectivity index (χ4v) is 6.71. The molecular formula is C45H29N3. The summed E-state index contributed by atoms with van der Waals surface area (Å²) in [7, 11) is 0. The van der Waals surface area contributed by atoms with E-state index in [9.17, 15) is 0 Å². The van der Waals surface area contributed by atoms with Crippen LogP contribution in [0.2, 0.25) is 0 Å². The molecule has 0 aliphatic heterocycles. The van der Waals surface area contributed by atoms with Crippen molar-refractivity contribution >= 4 is 32.3 Å². The highest BCUT2D eigenvalue weighted by Gasteiger charge is 2.16. The molecule has 224 valence electrons. The van der Waals surface area contributed by atoms with Gasteiger partial charge in [-0.3, -0.25) is 0 Å². The van der Waals surface area contributed by atoms with Gasteiger partial charge < -0.3 is 0 Å². The fraction of sp³-hybridized carbons (Fsp3) is 0. The number of fused-ring (bicyclic) bond motifs is 4. The van der Waals surface area contributed by atoms with Crippen molar-refractivity contribution in [3.05, 3.63) is 176 Å². The summed E-state index contributed by atoms with van der Waals surface area (Å²) >= 11 is 0. The first-order valence-electron chi connectivity index (χ1n) is 16.2. The Hall–Kier alpha value is -6.45. The molecule has 0 radical (unpaired) electrons. The third kappa shape index (κ3) is 4.99. The fourth-order valence-electron chi connectivity index (χ4n) is 6.71. The summed E-state index contributed by atoms with van der Waals surface area (Å²) in [5, 5.41) is 7.35. The van der Waals surface area contributed by atoms with Crippen molar-refractivity contribution in [1.29, 1.82) is 0 Å². The Morgan fingerprint density at radius 2 is 0.729 bits per heavy atom. The maximum absolute atomic E-state index is 5.01. The first kappa shape index (κ1) is 27.8. The summed E-state index contributed by atoms with van der Waals surface area (Å²) in [6.45, 7) is 0. The first-order chi connectivity index (χ1) is 23.8. The van der Waals surface area contributed by atoms with E-state index in [4.69, 9.17) is 15.0 Å². The summed E-state index contributed by atoms with van der Waals surface area (Å²) in [5.41, 5.74) is 7.64. The second kappa shape index (κ2) is 11.7. The van der Waals surface area contributed by atoms with E-state index in [0.29, 0.717) is 17.5 Å². The minimum atomic E-state index is 0.657. The molecular weight excluding hydrogens is 583 g/mol. The van der Waals surface area contributed by atoms with Gasteiger partial charge in [-0.1, -0.05) is 164 Å². The molecule has 0 unspecified atom stereocenters. The number of hydrogen-bond donors (Lipinski definition) is 0. The second-order valence-corrected chi connectivity index (χ2v) is 12.0. The molecule has 0 atom stereocenters. The average Bonchev–Trinajstić information content (AvgIpc) is 3.18. The Balaban J connectivity index is 1.12. The van der Waals surface area contributed by atoms with Crippen molar-refractivity contribution in [3.63, 3.8) is 0 Å². The van der Waals surface area contributed by atoms with Gasteiger partial charge in [0, 0.05) is 16.7 Å². The Bertz CT molecular complexity index is 2540.